The summed E-state index contributed by atoms with van der Waals surface area (Å²) in [5, 5.41) is 15.4. The summed E-state index contributed by atoms with van der Waals surface area (Å²) in [5.74, 6) is -1.88. The third-order valence-corrected chi connectivity index (χ3v) is 1.95. The number of rotatable bonds is 2. The Bertz CT molecular complexity index is 577. The molecule has 0 unspecified atom stereocenters. The molecule has 0 atom stereocenters. The first kappa shape index (κ1) is 12.0. The topological polar surface area (TPSA) is 97.6 Å². The molecule has 10 heteroatoms. The van der Waals surface area contributed by atoms with Gasteiger partial charge in [0.25, 0.3) is 0 Å². The zero-order valence-electron chi connectivity index (χ0n) is 8.47. The molecule has 0 amide bonds. The standard InChI is InChI=1S/C8H4F3N5O2/c9-8(10,11)7-13-6(14-15-7)4-1-2-5(12-3-4)16(17)18/h1-3H,(H,13,14,15). The second-order valence-corrected chi connectivity index (χ2v) is 3.17. The molecule has 1 N–H and O–H groups in total. The van der Waals surface area contributed by atoms with Crippen LogP contribution in [0, 0.1) is 10.1 Å². The van der Waals surface area contributed by atoms with Crippen LogP contribution in [0.4, 0.5) is 19.0 Å². The average molecular weight is 259 g/mol. The minimum absolute atomic E-state index is 0.146. The third-order valence-electron chi connectivity index (χ3n) is 1.95. The summed E-state index contributed by atoms with van der Waals surface area (Å²) < 4.78 is 36.7. The molecule has 0 bridgehead atoms. The number of hydrogen-bond acceptors (Lipinski definition) is 5. The molecule has 0 radical (unpaired) electrons. The van der Waals surface area contributed by atoms with Crippen LogP contribution in [0.25, 0.3) is 11.4 Å². The molecule has 2 rings (SSSR count). The van der Waals surface area contributed by atoms with Crippen LogP contribution >= 0.6 is 0 Å². The first-order chi connectivity index (χ1) is 8.38. The maximum Gasteiger partial charge on any atom is 0.451 e. The van der Waals surface area contributed by atoms with E-state index in [4.69, 9.17) is 0 Å². The van der Waals surface area contributed by atoms with Gasteiger partial charge in [-0.25, -0.2) is 4.98 Å². The minimum Gasteiger partial charge on any atom is -0.358 e. The highest BCUT2D eigenvalue weighted by Crippen LogP contribution is 2.27. The summed E-state index contributed by atoms with van der Waals surface area (Å²) in [7, 11) is 0. The van der Waals surface area contributed by atoms with Crippen molar-refractivity contribution in [3.63, 3.8) is 0 Å². The van der Waals surface area contributed by atoms with Gasteiger partial charge < -0.3 is 10.1 Å². The molecule has 7 nitrogen and oxygen atoms in total. The summed E-state index contributed by atoms with van der Waals surface area (Å²) in [6.45, 7) is 0. The molecule has 0 saturated carbocycles. The van der Waals surface area contributed by atoms with Gasteiger partial charge in [0, 0.05) is 6.07 Å². The number of aromatic amines is 1. The molecule has 18 heavy (non-hydrogen) atoms. The van der Waals surface area contributed by atoms with Crippen LogP contribution < -0.4 is 0 Å². The van der Waals surface area contributed by atoms with Crippen LogP contribution in [-0.4, -0.2) is 25.1 Å². The zero-order valence-corrected chi connectivity index (χ0v) is 8.47. The number of nitro groups is 1. The van der Waals surface area contributed by atoms with Gasteiger partial charge in [-0.2, -0.15) is 18.3 Å². The van der Waals surface area contributed by atoms with E-state index in [1.165, 1.54) is 6.07 Å². The Balaban J connectivity index is 2.32. The maximum absolute atomic E-state index is 12.2. The Hall–Kier alpha value is -2.52. The lowest BCUT2D eigenvalue weighted by Crippen LogP contribution is -2.07. The Labute approximate surface area is 96.8 Å². The fourth-order valence-electron chi connectivity index (χ4n) is 1.14. The molecule has 0 saturated heterocycles. The lowest BCUT2D eigenvalue weighted by molar-refractivity contribution is -0.389. The largest absolute Gasteiger partial charge is 0.451 e. The van der Waals surface area contributed by atoms with Crippen molar-refractivity contribution in [1.29, 1.82) is 0 Å². The molecule has 2 heterocycles. The van der Waals surface area contributed by atoms with Gasteiger partial charge in [-0.15, -0.1) is 0 Å². The van der Waals surface area contributed by atoms with Gasteiger partial charge in [0.05, 0.1) is 5.56 Å². The molecule has 0 aliphatic rings. The van der Waals surface area contributed by atoms with Crippen LogP contribution in [-0.2, 0) is 6.18 Å². The Kier molecular flexibility index (Phi) is 2.69. The van der Waals surface area contributed by atoms with Crippen molar-refractivity contribution >= 4 is 5.82 Å². The monoisotopic (exact) mass is 259 g/mol. The molecule has 2 aromatic rings. The molecule has 94 valence electrons. The zero-order chi connectivity index (χ0) is 13.3. The van der Waals surface area contributed by atoms with Crippen LogP contribution in [0.2, 0.25) is 0 Å². The number of nitrogens with zero attached hydrogens (tertiary/aromatic N) is 4. The summed E-state index contributed by atoms with van der Waals surface area (Å²) in [5.41, 5.74) is 0.146. The second kappa shape index (κ2) is 4.05. The van der Waals surface area contributed by atoms with E-state index in [0.717, 1.165) is 12.3 Å². The highest BCUT2D eigenvalue weighted by Gasteiger charge is 2.35. The maximum atomic E-state index is 12.2. The van der Waals surface area contributed by atoms with Crippen molar-refractivity contribution < 1.29 is 18.1 Å². The van der Waals surface area contributed by atoms with Crippen LogP contribution in [0.1, 0.15) is 5.82 Å². The normalized spacial score (nSPS) is 11.5. The number of H-pyrrole nitrogens is 1. The van der Waals surface area contributed by atoms with Gasteiger partial charge in [-0.05, 0) is 16.0 Å². The fourth-order valence-corrected chi connectivity index (χ4v) is 1.14. The van der Waals surface area contributed by atoms with Crippen molar-refractivity contribution in [1.82, 2.24) is 20.2 Å². The van der Waals surface area contributed by atoms with Crippen molar-refractivity contribution in [3.8, 4) is 11.4 Å². The summed E-state index contributed by atoms with van der Waals surface area (Å²) in [4.78, 5) is 16.3. The van der Waals surface area contributed by atoms with E-state index in [1.807, 2.05) is 0 Å². The van der Waals surface area contributed by atoms with Crippen LogP contribution in [0.5, 0.6) is 0 Å². The summed E-state index contributed by atoms with van der Waals surface area (Å²) in [6.07, 6.45) is -3.60. The van der Waals surface area contributed by atoms with E-state index in [9.17, 15) is 23.3 Å². The third kappa shape index (κ3) is 2.26. The predicted octanol–water partition coefficient (Wildman–Crippen LogP) is 1.79. The molecule has 0 fully saturated rings. The van der Waals surface area contributed by atoms with E-state index in [1.54, 1.807) is 5.10 Å². The molecule has 0 aliphatic heterocycles. The van der Waals surface area contributed by atoms with Crippen molar-refractivity contribution in [2.45, 2.75) is 6.18 Å². The number of aromatic nitrogens is 4. The molecule has 0 aliphatic carbocycles. The SMILES string of the molecule is O=[N+]([O-])c1ccc(-c2n[nH]c(C(F)(F)F)n2)cn1. The fraction of sp³-hybridized carbons (Fsp3) is 0.125. The molecular weight excluding hydrogens is 255 g/mol. The van der Waals surface area contributed by atoms with Crippen LogP contribution in [0.15, 0.2) is 18.3 Å². The average Bonchev–Trinajstić information content (AvgIpc) is 2.78. The smallest absolute Gasteiger partial charge is 0.358 e. The second-order valence-electron chi connectivity index (χ2n) is 3.17. The van der Waals surface area contributed by atoms with Gasteiger partial charge in [-0.1, -0.05) is 0 Å². The lowest BCUT2D eigenvalue weighted by Gasteiger charge is -1.98. The van der Waals surface area contributed by atoms with Gasteiger partial charge >= 0.3 is 12.0 Å². The van der Waals surface area contributed by atoms with E-state index in [-0.39, 0.29) is 11.4 Å². The molecule has 0 aromatic carbocycles. The Morgan fingerprint density at radius 3 is 2.50 bits per heavy atom. The quantitative estimate of drug-likeness (QED) is 0.654. The van der Waals surface area contributed by atoms with Gasteiger partial charge in [-0.3, -0.25) is 5.10 Å². The number of pyridine rings is 1. The highest BCUT2D eigenvalue weighted by atomic mass is 19.4. The number of nitrogens with one attached hydrogen (secondary N) is 1. The summed E-state index contributed by atoms with van der Waals surface area (Å²) in [6, 6.07) is 2.27. The van der Waals surface area contributed by atoms with Gasteiger partial charge in [0.1, 0.15) is 0 Å². The van der Waals surface area contributed by atoms with E-state index >= 15 is 0 Å². The number of halogens is 3. The molecule has 0 spiro atoms. The van der Waals surface area contributed by atoms with E-state index < -0.39 is 22.7 Å². The Morgan fingerprint density at radius 1 is 1.33 bits per heavy atom. The first-order valence-corrected chi connectivity index (χ1v) is 4.48. The molecular formula is C8H4F3N5O2. The number of alkyl halides is 3. The van der Waals surface area contributed by atoms with Crippen molar-refractivity contribution in [2.75, 3.05) is 0 Å². The first-order valence-electron chi connectivity index (χ1n) is 4.48. The lowest BCUT2D eigenvalue weighted by atomic mass is 10.3. The van der Waals surface area contributed by atoms with Gasteiger partial charge in [0.15, 0.2) is 12.0 Å². The van der Waals surface area contributed by atoms with Crippen molar-refractivity contribution in [3.05, 3.63) is 34.3 Å². The highest BCUT2D eigenvalue weighted by molar-refractivity contribution is 5.54. The van der Waals surface area contributed by atoms with Crippen molar-refractivity contribution in [2.24, 2.45) is 0 Å². The summed E-state index contributed by atoms with van der Waals surface area (Å²) >= 11 is 0. The number of hydrogen-bond donors (Lipinski definition) is 1. The minimum atomic E-state index is -4.63. The van der Waals surface area contributed by atoms with Gasteiger partial charge in [0.2, 0.25) is 5.82 Å². The van der Waals surface area contributed by atoms with E-state index in [2.05, 4.69) is 15.1 Å². The Morgan fingerprint density at radius 2 is 2.06 bits per heavy atom. The predicted molar refractivity (Wildman–Crippen MR) is 51.3 cm³/mol. The van der Waals surface area contributed by atoms with E-state index in [0.29, 0.717) is 0 Å². The molecule has 2 aromatic heterocycles. The van der Waals surface area contributed by atoms with Crippen LogP contribution in [0.3, 0.4) is 0 Å².